The van der Waals surface area contributed by atoms with Gasteiger partial charge in [-0.25, -0.2) is 8.42 Å². The van der Waals surface area contributed by atoms with E-state index >= 15 is 0 Å². The normalized spacial score (nSPS) is 11.3. The maximum Gasteiger partial charge on any atom is 0.265 e. The van der Waals surface area contributed by atoms with Crippen LogP contribution >= 0.6 is 0 Å². The Kier molecular flexibility index (Phi) is 3.99. The molecule has 1 aromatic heterocycles. The lowest BCUT2D eigenvalue weighted by molar-refractivity contribution is 0.417. The molecule has 7 heteroatoms. The van der Waals surface area contributed by atoms with Crippen LogP contribution in [0.25, 0.3) is 0 Å². The molecule has 0 atom stereocenters. The third kappa shape index (κ3) is 2.93. The van der Waals surface area contributed by atoms with Crippen LogP contribution in [0, 0.1) is 6.92 Å². The summed E-state index contributed by atoms with van der Waals surface area (Å²) in [4.78, 5) is 0.128. The van der Waals surface area contributed by atoms with Gasteiger partial charge in [-0.3, -0.25) is 9.40 Å². The molecule has 0 bridgehead atoms. The van der Waals surface area contributed by atoms with Crippen LogP contribution in [0.2, 0.25) is 0 Å². The molecular formula is C13H17N3O3S. The van der Waals surface area contributed by atoms with Gasteiger partial charge < -0.3 is 4.74 Å². The quantitative estimate of drug-likeness (QED) is 0.916. The Morgan fingerprint density at radius 2 is 2.15 bits per heavy atom. The summed E-state index contributed by atoms with van der Waals surface area (Å²) < 4.78 is 33.8. The van der Waals surface area contributed by atoms with Gasteiger partial charge in [0.15, 0.2) is 0 Å². The maximum absolute atomic E-state index is 12.3. The molecule has 0 radical (unpaired) electrons. The van der Waals surface area contributed by atoms with Gasteiger partial charge in [0.2, 0.25) is 0 Å². The van der Waals surface area contributed by atoms with Gasteiger partial charge in [0.1, 0.15) is 10.6 Å². The van der Waals surface area contributed by atoms with Gasteiger partial charge >= 0.3 is 0 Å². The van der Waals surface area contributed by atoms with Crippen molar-refractivity contribution in [1.29, 1.82) is 0 Å². The molecular weight excluding hydrogens is 278 g/mol. The summed E-state index contributed by atoms with van der Waals surface area (Å²) in [6, 6.07) is 5.30. The van der Waals surface area contributed by atoms with Gasteiger partial charge in [0, 0.05) is 12.7 Å². The molecule has 0 amide bonds. The van der Waals surface area contributed by atoms with E-state index in [9.17, 15) is 8.42 Å². The lowest BCUT2D eigenvalue weighted by atomic mass is 10.2. The highest BCUT2D eigenvalue weighted by Crippen LogP contribution is 2.27. The van der Waals surface area contributed by atoms with E-state index < -0.39 is 10.0 Å². The minimum atomic E-state index is -3.67. The van der Waals surface area contributed by atoms with Crippen molar-refractivity contribution in [2.45, 2.75) is 25.3 Å². The molecule has 6 nitrogen and oxygen atoms in total. The minimum absolute atomic E-state index is 0.128. The second kappa shape index (κ2) is 5.54. The Balaban J connectivity index is 2.35. The molecule has 0 fully saturated rings. The van der Waals surface area contributed by atoms with Crippen LogP contribution in [0.5, 0.6) is 5.75 Å². The number of benzene rings is 1. The zero-order valence-corrected chi connectivity index (χ0v) is 12.4. The van der Waals surface area contributed by atoms with Crippen molar-refractivity contribution in [2.24, 2.45) is 0 Å². The van der Waals surface area contributed by atoms with Crippen LogP contribution in [0.3, 0.4) is 0 Å². The predicted molar refractivity (Wildman–Crippen MR) is 76.4 cm³/mol. The zero-order chi connectivity index (χ0) is 14.8. The summed E-state index contributed by atoms with van der Waals surface area (Å²) >= 11 is 0. The Hall–Kier alpha value is -2.02. The first-order valence-electron chi connectivity index (χ1n) is 6.16. The molecule has 2 rings (SSSR count). The Bertz CT molecular complexity index is 707. The number of methoxy groups -OCH3 is 1. The third-order valence-corrected chi connectivity index (χ3v) is 4.16. The summed E-state index contributed by atoms with van der Waals surface area (Å²) in [7, 11) is -2.17. The fraction of sp³-hybridized carbons (Fsp3) is 0.308. The average Bonchev–Trinajstić information content (AvgIpc) is 2.88. The highest BCUT2D eigenvalue weighted by Gasteiger charge is 2.18. The van der Waals surface area contributed by atoms with Crippen molar-refractivity contribution < 1.29 is 13.2 Å². The lowest BCUT2D eigenvalue weighted by Crippen LogP contribution is -2.13. The molecule has 0 spiro atoms. The van der Waals surface area contributed by atoms with Crippen LogP contribution in [-0.4, -0.2) is 25.3 Å². The smallest absolute Gasteiger partial charge is 0.265 e. The van der Waals surface area contributed by atoms with Crippen molar-refractivity contribution >= 4 is 15.7 Å². The molecule has 0 aliphatic rings. The van der Waals surface area contributed by atoms with Crippen molar-refractivity contribution in [1.82, 2.24) is 9.78 Å². The van der Waals surface area contributed by atoms with Crippen molar-refractivity contribution in [2.75, 3.05) is 11.8 Å². The number of sulfonamides is 1. The molecule has 0 unspecified atom stereocenters. The van der Waals surface area contributed by atoms with Gasteiger partial charge in [0.05, 0.1) is 19.0 Å². The topological polar surface area (TPSA) is 73.2 Å². The van der Waals surface area contributed by atoms with Crippen molar-refractivity contribution in [3.63, 3.8) is 0 Å². The molecule has 1 N–H and O–H groups in total. The second-order valence-electron chi connectivity index (χ2n) is 4.34. The molecule has 0 aliphatic carbocycles. The first-order valence-corrected chi connectivity index (χ1v) is 7.64. The maximum atomic E-state index is 12.3. The van der Waals surface area contributed by atoms with E-state index in [-0.39, 0.29) is 4.90 Å². The molecule has 2 aromatic rings. The number of hydrogen-bond acceptors (Lipinski definition) is 4. The minimum Gasteiger partial charge on any atom is -0.495 e. The average molecular weight is 295 g/mol. The first kappa shape index (κ1) is 14.4. The van der Waals surface area contributed by atoms with Crippen LogP contribution < -0.4 is 9.46 Å². The monoisotopic (exact) mass is 295 g/mol. The number of anilines is 1. The Morgan fingerprint density at radius 3 is 2.75 bits per heavy atom. The number of nitrogens with zero attached hydrogens (tertiary/aromatic N) is 2. The third-order valence-electron chi connectivity index (χ3n) is 2.84. The van der Waals surface area contributed by atoms with Crippen molar-refractivity contribution in [3.8, 4) is 5.75 Å². The summed E-state index contributed by atoms with van der Waals surface area (Å²) in [6.45, 7) is 4.38. The van der Waals surface area contributed by atoms with E-state index in [0.717, 1.165) is 5.56 Å². The molecule has 1 heterocycles. The van der Waals surface area contributed by atoms with Gasteiger partial charge in [-0.2, -0.15) is 5.10 Å². The van der Waals surface area contributed by atoms with E-state index in [1.54, 1.807) is 16.8 Å². The van der Waals surface area contributed by atoms with E-state index in [2.05, 4.69) is 9.82 Å². The number of aryl methyl sites for hydroxylation is 2. The molecule has 0 aliphatic heterocycles. The van der Waals surface area contributed by atoms with E-state index in [4.69, 9.17) is 4.74 Å². The summed E-state index contributed by atoms with van der Waals surface area (Å²) in [5.41, 5.74) is 1.35. The Morgan fingerprint density at radius 1 is 1.40 bits per heavy atom. The zero-order valence-electron chi connectivity index (χ0n) is 11.6. The van der Waals surface area contributed by atoms with E-state index in [1.807, 2.05) is 19.9 Å². The fourth-order valence-electron chi connectivity index (χ4n) is 1.76. The van der Waals surface area contributed by atoms with Crippen LogP contribution in [0.1, 0.15) is 12.5 Å². The summed E-state index contributed by atoms with van der Waals surface area (Å²) in [5, 5.41) is 3.97. The summed E-state index contributed by atoms with van der Waals surface area (Å²) in [5.74, 6) is 0.474. The van der Waals surface area contributed by atoms with Gasteiger partial charge in [0.25, 0.3) is 10.0 Å². The molecule has 1 aromatic carbocycles. The number of hydrogen-bond donors (Lipinski definition) is 1. The van der Waals surface area contributed by atoms with Crippen molar-refractivity contribution in [3.05, 3.63) is 36.2 Å². The first-order chi connectivity index (χ1) is 9.46. The number of nitrogens with one attached hydrogen (secondary N) is 1. The number of ether oxygens (including phenoxy) is 1. The highest BCUT2D eigenvalue weighted by atomic mass is 32.2. The molecule has 0 saturated carbocycles. The summed E-state index contributed by atoms with van der Waals surface area (Å²) in [6.07, 6.45) is 2.82. The predicted octanol–water partition coefficient (Wildman–Crippen LogP) is 2.02. The standard InChI is InChI=1S/C13H17N3O3S/c1-4-16-9-11(8-14-16)20(17,18)15-12-7-10(2)5-6-13(12)19-3/h5-9,15H,4H2,1-3H3. The second-order valence-corrected chi connectivity index (χ2v) is 6.02. The van der Waals surface area contributed by atoms with Gasteiger partial charge in [-0.05, 0) is 31.5 Å². The SMILES string of the molecule is CCn1cc(S(=O)(=O)Nc2cc(C)ccc2OC)cn1. The molecule has 20 heavy (non-hydrogen) atoms. The van der Waals surface area contributed by atoms with Crippen LogP contribution in [0.4, 0.5) is 5.69 Å². The molecule has 0 saturated heterocycles. The largest absolute Gasteiger partial charge is 0.495 e. The van der Waals surface area contributed by atoms with Crippen LogP contribution in [-0.2, 0) is 16.6 Å². The number of aromatic nitrogens is 2. The van der Waals surface area contributed by atoms with E-state index in [0.29, 0.717) is 18.0 Å². The van der Waals surface area contributed by atoms with Crippen LogP contribution in [0.15, 0.2) is 35.5 Å². The van der Waals surface area contributed by atoms with E-state index in [1.165, 1.54) is 19.5 Å². The van der Waals surface area contributed by atoms with Gasteiger partial charge in [-0.15, -0.1) is 0 Å². The highest BCUT2D eigenvalue weighted by molar-refractivity contribution is 7.92. The van der Waals surface area contributed by atoms with Gasteiger partial charge in [-0.1, -0.05) is 6.07 Å². The fourth-order valence-corrected chi connectivity index (χ4v) is 2.77. The lowest BCUT2D eigenvalue weighted by Gasteiger charge is -2.11. The number of rotatable bonds is 5. The molecule has 108 valence electrons. The Labute approximate surface area is 118 Å².